The van der Waals surface area contributed by atoms with E-state index < -0.39 is 66.8 Å². The lowest BCUT2D eigenvalue weighted by atomic mass is 9.79. The van der Waals surface area contributed by atoms with Crippen LogP contribution in [0.2, 0.25) is 0 Å². The fourth-order valence-electron chi connectivity index (χ4n) is 16.0. The van der Waals surface area contributed by atoms with Gasteiger partial charge in [0.1, 0.15) is 30.5 Å². The fraction of sp³-hybridized carbons (Fsp3) is 0.914. The molecule has 0 amide bonds. The standard InChI is InChI=1S/C58H89NO17/c1-27-8-9-28(2)53-49(76-75-47-20-37(60)50(26-59)71-52(27)47)25-58(74-53)24-48-42(73-58)23-46-54(70-48)32(6)55-45(69-46)22-41-31(5)29(3)16-34(65-41)12-14-39-30(4)17-33(64-39)10-11-35-18-43(63-7)57(67-35)44-21-38(61)56-40(68-44)15-13-36(66-56)19-51(62)72-55/h27-29,32-50,52-57,60-61H,4-5,8-26,59H2,1-3,6-7H3/t27-,28-,29+,32-,33-,34-,35+,36+,37+,38+,39-,40-,41+,42+,43+,44+,45-,46-,47-,48+,49-,50+,52-,53-,54-,55+,56+,57-,58-/m0/s1. The highest BCUT2D eigenvalue weighted by Crippen LogP contribution is 2.52. The number of rotatable bonds is 2. The monoisotopic (exact) mass is 1070 g/mol. The molecule has 29 atom stereocenters. The second-order valence-corrected chi connectivity index (χ2v) is 25.6. The Morgan fingerprint density at radius 1 is 0.553 bits per heavy atom. The first-order valence-corrected chi connectivity index (χ1v) is 29.7. The zero-order valence-electron chi connectivity index (χ0n) is 45.6. The van der Waals surface area contributed by atoms with E-state index >= 15 is 0 Å². The summed E-state index contributed by atoms with van der Waals surface area (Å²) in [4.78, 5) is 26.9. The van der Waals surface area contributed by atoms with E-state index in [-0.39, 0.29) is 128 Å². The lowest BCUT2D eigenvalue weighted by Gasteiger charge is -2.50. The molecule has 0 aromatic heterocycles. The molecule has 18 heteroatoms. The van der Waals surface area contributed by atoms with Crippen molar-refractivity contribution in [3.8, 4) is 0 Å². The van der Waals surface area contributed by atoms with E-state index in [0.717, 1.165) is 68.9 Å². The molecule has 0 aliphatic carbocycles. The molecule has 0 saturated carbocycles. The van der Waals surface area contributed by atoms with Crippen molar-refractivity contribution < 1.29 is 81.6 Å². The van der Waals surface area contributed by atoms with Gasteiger partial charge in [-0.25, -0.2) is 9.78 Å². The topological polar surface area (TPSA) is 213 Å². The van der Waals surface area contributed by atoms with Gasteiger partial charge in [0.15, 0.2) is 5.79 Å². The third-order valence-corrected chi connectivity index (χ3v) is 20.3. The van der Waals surface area contributed by atoms with Gasteiger partial charge >= 0.3 is 5.97 Å². The zero-order chi connectivity index (χ0) is 52.7. The van der Waals surface area contributed by atoms with Crippen LogP contribution in [0.4, 0.5) is 0 Å². The second-order valence-electron chi connectivity index (χ2n) is 25.6. The highest BCUT2D eigenvalue weighted by Gasteiger charge is 2.62. The summed E-state index contributed by atoms with van der Waals surface area (Å²) in [5, 5.41) is 22.5. The second kappa shape index (κ2) is 22.6. The van der Waals surface area contributed by atoms with Crippen molar-refractivity contribution in [2.45, 2.75) is 296 Å². The van der Waals surface area contributed by atoms with Gasteiger partial charge in [0.05, 0.1) is 122 Å². The smallest absolute Gasteiger partial charge is 0.308 e. The van der Waals surface area contributed by atoms with Gasteiger partial charge in [0.2, 0.25) is 0 Å². The molecule has 76 heavy (non-hydrogen) atoms. The summed E-state index contributed by atoms with van der Waals surface area (Å²) in [5.41, 5.74) is 8.12. The van der Waals surface area contributed by atoms with E-state index in [0.29, 0.717) is 51.4 Å². The molecule has 14 saturated heterocycles. The summed E-state index contributed by atoms with van der Waals surface area (Å²) < 4.78 is 80.8. The van der Waals surface area contributed by atoms with Crippen LogP contribution in [-0.4, -0.2) is 182 Å². The van der Waals surface area contributed by atoms with E-state index in [4.69, 9.17) is 72.4 Å². The van der Waals surface area contributed by atoms with Crippen LogP contribution >= 0.6 is 0 Å². The summed E-state index contributed by atoms with van der Waals surface area (Å²) in [6, 6.07) is 0. The third-order valence-electron chi connectivity index (χ3n) is 20.3. The van der Waals surface area contributed by atoms with Gasteiger partial charge in [-0.3, -0.25) is 4.79 Å². The molecular formula is C58H89NO17. The summed E-state index contributed by atoms with van der Waals surface area (Å²) in [7, 11) is 1.72. The molecular weight excluding hydrogens is 983 g/mol. The Morgan fingerprint density at radius 2 is 1.21 bits per heavy atom. The van der Waals surface area contributed by atoms with Gasteiger partial charge in [-0.1, -0.05) is 40.9 Å². The van der Waals surface area contributed by atoms with Crippen LogP contribution < -0.4 is 5.73 Å². The van der Waals surface area contributed by atoms with Gasteiger partial charge in [-0.2, -0.15) is 0 Å². The largest absolute Gasteiger partial charge is 0.459 e. The molecule has 14 fully saturated rings. The number of carbonyl (C=O) groups excluding carboxylic acids is 1. The number of fused-ring (bicyclic) bond motifs is 6. The van der Waals surface area contributed by atoms with Gasteiger partial charge in [0, 0.05) is 64.5 Å². The number of carbonyl (C=O) groups is 1. The maximum Gasteiger partial charge on any atom is 0.308 e. The summed E-state index contributed by atoms with van der Waals surface area (Å²) >= 11 is 0. The Kier molecular flexibility index (Phi) is 16.3. The van der Waals surface area contributed by atoms with E-state index in [2.05, 4.69) is 40.9 Å². The average molecular weight is 1070 g/mol. The number of hydrogen-bond acceptors (Lipinski definition) is 18. The Bertz CT molecular complexity index is 2070. The minimum atomic E-state index is -0.960. The van der Waals surface area contributed by atoms with Crippen LogP contribution in [0.5, 0.6) is 0 Å². The zero-order valence-corrected chi connectivity index (χ0v) is 45.6. The SMILES string of the molecule is C=C1C[C@@H]2CC[C@@H]3C[C@@H](OC)[C@H](O3)[C@H]3C[C@@H](O)[C@H]4O[C@H](CC[C@@H]4O3)CC(=O)O[C@@H]3[C@@H](C)[C@@H]4O[C@@H]5C[C@]6(C[C@@H]7OO[C@H]8C[C@@H](O)[C@@H](CN)O[C@H]8[C@@H](C)CC[C@H](C)[C@@H]7O6)O[C@@H]5C[C@@H]4O[C@H]3C[C@H]3O[C@@H](CC[C@@H]1O2)C[C@@H](C)C3=C. The third kappa shape index (κ3) is 10.9. The van der Waals surface area contributed by atoms with Crippen molar-refractivity contribution in [2.24, 2.45) is 29.4 Å². The lowest BCUT2D eigenvalue weighted by Crippen LogP contribution is -2.61. The highest BCUT2D eigenvalue weighted by atomic mass is 17.2. The van der Waals surface area contributed by atoms with Crippen molar-refractivity contribution in [1.82, 2.24) is 0 Å². The maximum absolute atomic E-state index is 14.4. The number of esters is 1. The van der Waals surface area contributed by atoms with E-state index in [1.165, 1.54) is 0 Å². The van der Waals surface area contributed by atoms with Gasteiger partial charge in [-0.15, -0.1) is 0 Å². The van der Waals surface area contributed by atoms with Crippen molar-refractivity contribution >= 4 is 5.97 Å². The summed E-state index contributed by atoms with van der Waals surface area (Å²) in [6.45, 7) is 18.0. The molecule has 14 heterocycles. The van der Waals surface area contributed by atoms with E-state index in [9.17, 15) is 15.0 Å². The predicted molar refractivity (Wildman–Crippen MR) is 271 cm³/mol. The molecule has 4 N–H and O–H groups in total. The van der Waals surface area contributed by atoms with E-state index in [1.807, 2.05) is 0 Å². The first kappa shape index (κ1) is 54.9. The van der Waals surface area contributed by atoms with Crippen molar-refractivity contribution in [3.63, 3.8) is 0 Å². The molecule has 0 aromatic rings. The van der Waals surface area contributed by atoms with Crippen LogP contribution in [0, 0.1) is 23.7 Å². The minimum absolute atomic E-state index is 0.00404. The van der Waals surface area contributed by atoms with Crippen molar-refractivity contribution in [1.29, 1.82) is 0 Å². The number of hydrogen-bond donors (Lipinski definition) is 3. The summed E-state index contributed by atoms with van der Waals surface area (Å²) in [5.74, 6) is -1.09. The molecule has 18 nitrogen and oxygen atoms in total. The number of aliphatic hydroxyl groups is 2. The number of methoxy groups -OCH3 is 1. The van der Waals surface area contributed by atoms with Crippen molar-refractivity contribution in [3.05, 3.63) is 24.3 Å². The van der Waals surface area contributed by atoms with Gasteiger partial charge in [0.25, 0.3) is 0 Å². The Labute approximate surface area is 449 Å². The molecule has 14 aliphatic rings. The summed E-state index contributed by atoms with van der Waals surface area (Å²) in [6.07, 6.45) is 3.07. The van der Waals surface area contributed by atoms with Crippen molar-refractivity contribution in [2.75, 3.05) is 13.7 Å². The molecule has 10 bridgehead atoms. The molecule has 0 radical (unpaired) electrons. The van der Waals surface area contributed by atoms with Crippen LogP contribution in [0.15, 0.2) is 24.3 Å². The quantitative estimate of drug-likeness (QED) is 0.174. The molecule has 14 rings (SSSR count). The fourth-order valence-corrected chi connectivity index (χ4v) is 16.0. The molecule has 1 spiro atoms. The number of aliphatic hydroxyl groups excluding tert-OH is 2. The minimum Gasteiger partial charge on any atom is -0.459 e. The first-order valence-electron chi connectivity index (χ1n) is 29.7. The van der Waals surface area contributed by atoms with Crippen LogP contribution in [0.25, 0.3) is 0 Å². The highest BCUT2D eigenvalue weighted by molar-refractivity contribution is 5.70. The molecule has 14 aliphatic heterocycles. The van der Waals surface area contributed by atoms with Crippen LogP contribution in [-0.2, 0) is 71.4 Å². The van der Waals surface area contributed by atoms with Gasteiger partial charge in [-0.05, 0) is 93.1 Å². The Hall–Kier alpha value is -1.69. The molecule has 0 aromatic carbocycles. The number of ether oxygens (including phenoxy) is 12. The van der Waals surface area contributed by atoms with Gasteiger partial charge < -0.3 is 72.8 Å². The number of nitrogens with two attached hydrogens (primary N) is 1. The first-order chi connectivity index (χ1) is 36.6. The average Bonchev–Trinajstić information content (AvgIpc) is 4.18. The Balaban J connectivity index is 0.762. The molecule has 0 unspecified atom stereocenters. The van der Waals surface area contributed by atoms with E-state index in [1.54, 1.807) is 7.11 Å². The Morgan fingerprint density at radius 3 is 2.03 bits per heavy atom. The maximum atomic E-state index is 14.4. The molecule has 428 valence electrons. The predicted octanol–water partition coefficient (Wildman–Crippen LogP) is 5.62. The normalized spacial score (nSPS) is 54.1. The van der Waals surface area contributed by atoms with Crippen LogP contribution in [0.3, 0.4) is 0 Å². The van der Waals surface area contributed by atoms with Crippen LogP contribution in [0.1, 0.15) is 143 Å². The lowest BCUT2D eigenvalue weighted by molar-refractivity contribution is -0.388.